The molecular formula is C22H21F3N6O2. The van der Waals surface area contributed by atoms with Crippen molar-refractivity contribution in [3.8, 4) is 5.82 Å². The largest absolute Gasteiger partial charge is 0.447 e. The van der Waals surface area contributed by atoms with E-state index in [1.165, 1.54) is 47.1 Å². The van der Waals surface area contributed by atoms with Gasteiger partial charge in [0.1, 0.15) is 24.0 Å². The third kappa shape index (κ3) is 4.38. The number of halogens is 3. The molecule has 1 aliphatic rings. The number of alkyl halides is 1. The first kappa shape index (κ1) is 22.3. The van der Waals surface area contributed by atoms with E-state index in [0.29, 0.717) is 11.5 Å². The van der Waals surface area contributed by atoms with Crippen molar-refractivity contribution in [1.29, 1.82) is 0 Å². The summed E-state index contributed by atoms with van der Waals surface area (Å²) in [5.41, 5.74) is -0.115. The highest BCUT2D eigenvalue weighted by Gasteiger charge is 2.40. The van der Waals surface area contributed by atoms with Crippen LogP contribution in [0.3, 0.4) is 0 Å². The smallest absolute Gasteiger partial charge is 0.261 e. The Bertz CT molecular complexity index is 1200. The lowest BCUT2D eigenvalue weighted by Gasteiger charge is -2.25. The van der Waals surface area contributed by atoms with Crippen LogP contribution in [0, 0.1) is 11.6 Å². The predicted octanol–water partition coefficient (Wildman–Crippen LogP) is 3.90. The van der Waals surface area contributed by atoms with Crippen molar-refractivity contribution in [3.05, 3.63) is 71.2 Å². The van der Waals surface area contributed by atoms with Crippen LogP contribution in [0.5, 0.6) is 0 Å². The number of pyridine rings is 1. The van der Waals surface area contributed by atoms with Gasteiger partial charge < -0.3 is 10.1 Å². The zero-order chi connectivity index (χ0) is 23.8. The summed E-state index contributed by atoms with van der Waals surface area (Å²) in [7, 11) is 0. The van der Waals surface area contributed by atoms with Crippen LogP contribution in [0.25, 0.3) is 5.82 Å². The number of anilines is 1. The Morgan fingerprint density at radius 1 is 1.18 bits per heavy atom. The lowest BCUT2D eigenvalue weighted by Crippen LogP contribution is -2.41. The maximum absolute atomic E-state index is 13.8. The lowest BCUT2D eigenvalue weighted by molar-refractivity contribution is -0.142. The number of hydrogen-bond acceptors (Lipinski definition) is 6. The summed E-state index contributed by atoms with van der Waals surface area (Å²) in [5, 5.41) is 12.6. The first-order valence-electron chi connectivity index (χ1n) is 10.1. The highest BCUT2D eigenvalue weighted by molar-refractivity contribution is 5.95. The minimum absolute atomic E-state index is 0.0687. The minimum atomic E-state index is -0.996. The topological polar surface area (TPSA) is 84.6 Å². The van der Waals surface area contributed by atoms with E-state index in [-0.39, 0.29) is 35.3 Å². The SMILES string of the molecule is CC(=O)N1N=C(c2cc(CF)n(-c3ccc(NCc4c(F)cccc4F)cn3)n2)OC1(C)C. The van der Waals surface area contributed by atoms with E-state index in [4.69, 9.17) is 4.74 Å². The van der Waals surface area contributed by atoms with Gasteiger partial charge in [0.2, 0.25) is 11.6 Å². The average Bonchev–Trinajstić information content (AvgIpc) is 3.34. The molecule has 3 heterocycles. The molecule has 3 aromatic rings. The monoisotopic (exact) mass is 458 g/mol. The number of nitrogens with one attached hydrogen (secondary N) is 1. The maximum Gasteiger partial charge on any atom is 0.261 e. The molecule has 8 nitrogen and oxygen atoms in total. The molecule has 4 rings (SSSR count). The Morgan fingerprint density at radius 3 is 2.48 bits per heavy atom. The first-order chi connectivity index (χ1) is 15.7. The molecule has 1 N–H and O–H groups in total. The minimum Gasteiger partial charge on any atom is -0.447 e. The van der Waals surface area contributed by atoms with Crippen molar-refractivity contribution in [2.45, 2.75) is 39.7 Å². The van der Waals surface area contributed by atoms with Crippen LogP contribution in [0.15, 0.2) is 47.7 Å². The van der Waals surface area contributed by atoms with E-state index in [1.54, 1.807) is 26.0 Å². The third-order valence-corrected chi connectivity index (χ3v) is 4.98. The van der Waals surface area contributed by atoms with Crippen molar-refractivity contribution >= 4 is 17.5 Å². The normalized spacial score (nSPS) is 14.7. The van der Waals surface area contributed by atoms with Gasteiger partial charge in [-0.1, -0.05) is 6.07 Å². The molecule has 0 radical (unpaired) electrons. The van der Waals surface area contributed by atoms with E-state index < -0.39 is 24.0 Å². The van der Waals surface area contributed by atoms with Crippen LogP contribution in [-0.2, 0) is 22.8 Å². The number of ether oxygens (including phenoxy) is 1. The van der Waals surface area contributed by atoms with Gasteiger partial charge in [-0.25, -0.2) is 22.8 Å². The van der Waals surface area contributed by atoms with Crippen molar-refractivity contribution in [3.63, 3.8) is 0 Å². The van der Waals surface area contributed by atoms with E-state index in [9.17, 15) is 18.0 Å². The number of nitrogens with zero attached hydrogens (tertiary/aromatic N) is 5. The second-order valence-electron chi connectivity index (χ2n) is 7.81. The number of carbonyl (C=O) groups is 1. The van der Waals surface area contributed by atoms with Gasteiger partial charge in [-0.2, -0.15) is 10.1 Å². The molecule has 2 aromatic heterocycles. The second-order valence-corrected chi connectivity index (χ2v) is 7.81. The number of hydrogen-bond donors (Lipinski definition) is 1. The third-order valence-electron chi connectivity index (χ3n) is 4.98. The van der Waals surface area contributed by atoms with Gasteiger partial charge in [-0.05, 0) is 44.2 Å². The van der Waals surface area contributed by atoms with Crippen molar-refractivity contribution < 1.29 is 22.7 Å². The van der Waals surface area contributed by atoms with Crippen LogP contribution in [0.2, 0.25) is 0 Å². The van der Waals surface area contributed by atoms with Crippen LogP contribution >= 0.6 is 0 Å². The molecule has 1 aliphatic heterocycles. The summed E-state index contributed by atoms with van der Waals surface area (Å²) >= 11 is 0. The Morgan fingerprint density at radius 2 is 1.91 bits per heavy atom. The van der Waals surface area contributed by atoms with Gasteiger partial charge in [0.15, 0.2) is 5.82 Å². The number of hydrazone groups is 1. The van der Waals surface area contributed by atoms with E-state index in [2.05, 4.69) is 20.5 Å². The summed E-state index contributed by atoms with van der Waals surface area (Å²) < 4.78 is 48.3. The number of amides is 1. The fraction of sp³-hybridized carbons (Fsp3) is 0.273. The number of carbonyl (C=O) groups excluding carboxylic acids is 1. The van der Waals surface area contributed by atoms with Crippen LogP contribution in [0.1, 0.15) is 37.7 Å². The van der Waals surface area contributed by atoms with Gasteiger partial charge in [-0.15, -0.1) is 5.10 Å². The molecule has 0 saturated carbocycles. The average molecular weight is 458 g/mol. The number of rotatable bonds is 6. The standard InChI is InChI=1S/C22H21F3N6O2/c1-13(32)31-22(2,3)33-21(29-31)19-9-15(10-23)30(28-19)20-8-7-14(11-27-20)26-12-16-17(24)5-4-6-18(16)25/h4-9,11,26H,10,12H2,1-3H3. The highest BCUT2D eigenvalue weighted by Crippen LogP contribution is 2.27. The summed E-state index contributed by atoms with van der Waals surface area (Å²) in [5.74, 6) is -1.19. The van der Waals surface area contributed by atoms with Crippen molar-refractivity contribution in [2.24, 2.45) is 5.10 Å². The molecule has 1 aromatic carbocycles. The quantitative estimate of drug-likeness (QED) is 0.606. The predicted molar refractivity (Wildman–Crippen MR) is 114 cm³/mol. The Balaban J connectivity index is 1.54. The summed E-state index contributed by atoms with van der Waals surface area (Å²) in [6.07, 6.45) is 1.45. The molecule has 0 spiro atoms. The summed E-state index contributed by atoms with van der Waals surface area (Å²) in [6, 6.07) is 8.35. The lowest BCUT2D eigenvalue weighted by atomic mass is 10.2. The van der Waals surface area contributed by atoms with Gasteiger partial charge in [0, 0.05) is 19.0 Å². The molecule has 11 heteroatoms. The molecule has 172 valence electrons. The van der Waals surface area contributed by atoms with Gasteiger partial charge in [0.05, 0.1) is 17.6 Å². The Kier molecular flexibility index (Phi) is 5.79. The highest BCUT2D eigenvalue weighted by atomic mass is 19.1. The Hall–Kier alpha value is -3.89. The summed E-state index contributed by atoms with van der Waals surface area (Å²) in [4.78, 5) is 16.1. The summed E-state index contributed by atoms with van der Waals surface area (Å²) in [6.45, 7) is 3.83. The maximum atomic E-state index is 13.8. The molecule has 0 saturated heterocycles. The zero-order valence-corrected chi connectivity index (χ0v) is 18.1. The van der Waals surface area contributed by atoms with E-state index in [1.807, 2.05) is 0 Å². The fourth-order valence-corrected chi connectivity index (χ4v) is 3.39. The fourth-order valence-electron chi connectivity index (χ4n) is 3.39. The molecule has 1 amide bonds. The molecule has 0 atom stereocenters. The van der Waals surface area contributed by atoms with E-state index in [0.717, 1.165) is 0 Å². The zero-order valence-electron chi connectivity index (χ0n) is 18.1. The van der Waals surface area contributed by atoms with Crippen molar-refractivity contribution in [2.75, 3.05) is 5.32 Å². The number of aromatic nitrogens is 3. The Labute approximate surface area is 187 Å². The molecule has 0 fully saturated rings. The number of benzene rings is 1. The van der Waals surface area contributed by atoms with Gasteiger partial charge in [-0.3, -0.25) is 4.79 Å². The molecule has 33 heavy (non-hydrogen) atoms. The van der Waals surface area contributed by atoms with Crippen LogP contribution < -0.4 is 5.32 Å². The van der Waals surface area contributed by atoms with E-state index >= 15 is 0 Å². The van der Waals surface area contributed by atoms with Crippen molar-refractivity contribution in [1.82, 2.24) is 19.8 Å². The second kappa shape index (κ2) is 8.57. The van der Waals surface area contributed by atoms with Crippen LogP contribution in [-0.4, -0.2) is 37.3 Å². The molecule has 0 bridgehead atoms. The van der Waals surface area contributed by atoms with Gasteiger partial charge in [0.25, 0.3) is 5.90 Å². The van der Waals surface area contributed by atoms with Gasteiger partial charge >= 0.3 is 0 Å². The molecule has 0 unspecified atom stereocenters. The molecule has 0 aliphatic carbocycles. The first-order valence-corrected chi connectivity index (χ1v) is 10.1. The van der Waals surface area contributed by atoms with Crippen LogP contribution in [0.4, 0.5) is 18.9 Å². The molecular weight excluding hydrogens is 437 g/mol.